The highest BCUT2D eigenvalue weighted by Gasteiger charge is 2.21. The van der Waals surface area contributed by atoms with Gasteiger partial charge in [-0.1, -0.05) is 91.0 Å². The topological polar surface area (TPSA) is 67.4 Å². The maximum Gasteiger partial charge on any atom is 0.166 e. The van der Waals surface area contributed by atoms with Crippen molar-refractivity contribution in [1.29, 1.82) is 5.26 Å². The standard InChI is InChI=1S/C40H23F2N5/c41-29-17-19-30(34(42)23-29)28-16-20-36(47-35-14-8-7-13-31(35)32-18-15-25(24-43)21-37(32)47)33(22-28)40-45-38(26-9-3-1-4-10-26)44-39(46-40)27-11-5-2-6-12-27/h1-23H. The zero-order valence-corrected chi connectivity index (χ0v) is 24.8. The summed E-state index contributed by atoms with van der Waals surface area (Å²) in [6, 6.07) is 44.3. The van der Waals surface area contributed by atoms with Gasteiger partial charge in [-0.15, -0.1) is 0 Å². The third-order valence-corrected chi connectivity index (χ3v) is 8.22. The molecule has 47 heavy (non-hydrogen) atoms. The first-order chi connectivity index (χ1) is 23.1. The molecule has 5 nitrogen and oxygen atoms in total. The first-order valence-electron chi connectivity index (χ1n) is 15.0. The Labute approximate surface area is 268 Å². The largest absolute Gasteiger partial charge is 0.308 e. The maximum absolute atomic E-state index is 15.2. The molecular weight excluding hydrogens is 588 g/mol. The molecule has 0 spiro atoms. The molecular formula is C40H23F2N5. The van der Waals surface area contributed by atoms with Crippen LogP contribution in [-0.2, 0) is 0 Å². The van der Waals surface area contributed by atoms with Crippen LogP contribution in [0.1, 0.15) is 5.56 Å². The van der Waals surface area contributed by atoms with Crippen molar-refractivity contribution in [2.24, 2.45) is 0 Å². The van der Waals surface area contributed by atoms with Crippen LogP contribution in [-0.4, -0.2) is 19.5 Å². The van der Waals surface area contributed by atoms with Gasteiger partial charge in [0.1, 0.15) is 11.6 Å². The van der Waals surface area contributed by atoms with E-state index in [1.165, 1.54) is 12.1 Å². The number of nitriles is 1. The van der Waals surface area contributed by atoms with Gasteiger partial charge in [0.15, 0.2) is 17.5 Å². The van der Waals surface area contributed by atoms with Crippen LogP contribution in [0.2, 0.25) is 0 Å². The lowest BCUT2D eigenvalue weighted by Crippen LogP contribution is -2.04. The van der Waals surface area contributed by atoms with E-state index in [1.807, 2.05) is 115 Å². The lowest BCUT2D eigenvalue weighted by atomic mass is 10.00. The molecule has 0 saturated carbocycles. The normalized spacial score (nSPS) is 11.2. The number of nitrogens with zero attached hydrogens (tertiary/aromatic N) is 5. The first-order valence-corrected chi connectivity index (χ1v) is 15.0. The summed E-state index contributed by atoms with van der Waals surface area (Å²) >= 11 is 0. The van der Waals surface area contributed by atoms with Crippen LogP contribution >= 0.6 is 0 Å². The summed E-state index contributed by atoms with van der Waals surface area (Å²) in [7, 11) is 0. The Kier molecular flexibility index (Phi) is 6.81. The Morgan fingerprint density at radius 3 is 1.83 bits per heavy atom. The Balaban J connectivity index is 1.47. The minimum absolute atomic E-state index is 0.244. The third kappa shape index (κ3) is 4.98. The van der Waals surface area contributed by atoms with Gasteiger partial charge in [0.25, 0.3) is 0 Å². The molecule has 0 aliphatic carbocycles. The lowest BCUT2D eigenvalue weighted by molar-refractivity contribution is 0.585. The van der Waals surface area contributed by atoms with Crippen molar-refractivity contribution in [3.05, 3.63) is 157 Å². The van der Waals surface area contributed by atoms with Crippen molar-refractivity contribution in [2.75, 3.05) is 0 Å². The van der Waals surface area contributed by atoms with E-state index < -0.39 is 11.6 Å². The van der Waals surface area contributed by atoms with E-state index in [0.717, 1.165) is 44.7 Å². The van der Waals surface area contributed by atoms with Gasteiger partial charge >= 0.3 is 0 Å². The summed E-state index contributed by atoms with van der Waals surface area (Å²) in [4.78, 5) is 14.8. The Bertz CT molecular complexity index is 2440. The van der Waals surface area contributed by atoms with Crippen molar-refractivity contribution in [1.82, 2.24) is 19.5 Å². The molecule has 0 bridgehead atoms. The predicted molar refractivity (Wildman–Crippen MR) is 181 cm³/mol. The van der Waals surface area contributed by atoms with Crippen LogP contribution in [0.4, 0.5) is 8.78 Å². The van der Waals surface area contributed by atoms with Crippen LogP contribution < -0.4 is 0 Å². The van der Waals surface area contributed by atoms with Gasteiger partial charge in [-0.3, -0.25) is 0 Å². The predicted octanol–water partition coefficient (Wildman–Crippen LogP) is 9.79. The van der Waals surface area contributed by atoms with Gasteiger partial charge in [-0.05, 0) is 48.0 Å². The molecule has 0 fully saturated rings. The fourth-order valence-electron chi connectivity index (χ4n) is 6.03. The van der Waals surface area contributed by atoms with Gasteiger partial charge in [0.2, 0.25) is 0 Å². The minimum atomic E-state index is -0.676. The summed E-state index contributed by atoms with van der Waals surface area (Å²) in [6.45, 7) is 0. The van der Waals surface area contributed by atoms with Gasteiger partial charge in [0.05, 0.1) is 28.4 Å². The molecule has 7 heteroatoms. The van der Waals surface area contributed by atoms with Crippen LogP contribution in [0, 0.1) is 23.0 Å². The summed E-state index contributed by atoms with van der Waals surface area (Å²) in [5.74, 6) is 0.00364. The Hall–Kier alpha value is -6.52. The van der Waals surface area contributed by atoms with Crippen LogP contribution in [0.5, 0.6) is 0 Å². The highest BCUT2D eigenvalue weighted by molar-refractivity contribution is 6.10. The summed E-state index contributed by atoms with van der Waals surface area (Å²) in [6.07, 6.45) is 0. The van der Waals surface area contributed by atoms with Crippen molar-refractivity contribution in [3.8, 4) is 57.0 Å². The number of halogens is 2. The molecule has 0 atom stereocenters. The second kappa shape index (κ2) is 11.4. The summed E-state index contributed by atoms with van der Waals surface area (Å²) in [5.41, 5.74) is 5.99. The smallest absolute Gasteiger partial charge is 0.166 e. The highest BCUT2D eigenvalue weighted by atomic mass is 19.1. The maximum atomic E-state index is 15.2. The van der Waals surface area contributed by atoms with Crippen LogP contribution in [0.3, 0.4) is 0 Å². The van der Waals surface area contributed by atoms with E-state index in [0.29, 0.717) is 34.2 Å². The van der Waals surface area contributed by atoms with Gasteiger partial charge < -0.3 is 4.57 Å². The SMILES string of the molecule is N#Cc1ccc2c3ccccc3n(-c3ccc(-c4ccc(F)cc4F)cc3-c3nc(-c4ccccc4)nc(-c4ccccc4)n3)c2c1. The highest BCUT2D eigenvalue weighted by Crippen LogP contribution is 2.39. The molecule has 0 radical (unpaired) electrons. The molecule has 8 rings (SSSR count). The molecule has 0 N–H and O–H groups in total. The molecule has 6 aromatic carbocycles. The molecule has 8 aromatic rings. The third-order valence-electron chi connectivity index (χ3n) is 8.22. The second-order valence-electron chi connectivity index (χ2n) is 11.1. The number of para-hydroxylation sites is 1. The van der Waals surface area contributed by atoms with Crippen molar-refractivity contribution < 1.29 is 8.78 Å². The number of aromatic nitrogens is 4. The van der Waals surface area contributed by atoms with E-state index in [1.54, 1.807) is 6.07 Å². The fraction of sp³-hybridized carbons (Fsp3) is 0. The summed E-state index contributed by atoms with van der Waals surface area (Å²) in [5, 5.41) is 11.8. The van der Waals surface area contributed by atoms with E-state index in [-0.39, 0.29) is 5.56 Å². The number of hydrogen-bond acceptors (Lipinski definition) is 4. The molecule has 0 unspecified atom stereocenters. The van der Waals surface area contributed by atoms with E-state index in [9.17, 15) is 9.65 Å². The second-order valence-corrected chi connectivity index (χ2v) is 11.1. The average Bonchev–Trinajstić information content (AvgIpc) is 3.45. The average molecular weight is 612 g/mol. The molecule has 2 heterocycles. The van der Waals surface area contributed by atoms with E-state index >= 15 is 4.39 Å². The zero-order valence-electron chi connectivity index (χ0n) is 24.8. The van der Waals surface area contributed by atoms with Crippen molar-refractivity contribution in [3.63, 3.8) is 0 Å². The number of benzene rings is 6. The number of fused-ring (bicyclic) bond motifs is 3. The lowest BCUT2D eigenvalue weighted by Gasteiger charge is -2.16. The molecule has 0 saturated heterocycles. The van der Waals surface area contributed by atoms with Crippen LogP contribution in [0.15, 0.2) is 140 Å². The quantitative estimate of drug-likeness (QED) is 0.194. The van der Waals surface area contributed by atoms with E-state index in [4.69, 9.17) is 15.0 Å². The van der Waals surface area contributed by atoms with Crippen molar-refractivity contribution in [2.45, 2.75) is 0 Å². The first kappa shape index (κ1) is 28.0. The summed E-state index contributed by atoms with van der Waals surface area (Å²) < 4.78 is 31.2. The Morgan fingerprint density at radius 2 is 1.15 bits per heavy atom. The molecule has 0 aliphatic rings. The Morgan fingerprint density at radius 1 is 0.511 bits per heavy atom. The molecule has 2 aromatic heterocycles. The molecule has 0 amide bonds. The molecule has 222 valence electrons. The van der Waals surface area contributed by atoms with Crippen LogP contribution in [0.25, 0.3) is 72.8 Å². The number of rotatable bonds is 5. The fourth-order valence-corrected chi connectivity index (χ4v) is 6.03. The van der Waals surface area contributed by atoms with Crippen molar-refractivity contribution >= 4 is 21.8 Å². The minimum Gasteiger partial charge on any atom is -0.308 e. The number of hydrogen-bond donors (Lipinski definition) is 0. The zero-order chi connectivity index (χ0) is 31.9. The van der Waals surface area contributed by atoms with E-state index in [2.05, 4.69) is 10.6 Å². The van der Waals surface area contributed by atoms with Gasteiger partial charge in [-0.2, -0.15) is 5.26 Å². The monoisotopic (exact) mass is 611 g/mol. The van der Waals surface area contributed by atoms with Gasteiger partial charge in [-0.25, -0.2) is 23.7 Å². The molecule has 0 aliphatic heterocycles. The van der Waals surface area contributed by atoms with Gasteiger partial charge in [0, 0.05) is 39.1 Å².